The number of pyridine rings is 1. The predicted octanol–water partition coefficient (Wildman–Crippen LogP) is 0.293. The number of fused-ring (bicyclic) bond motifs is 2. The van der Waals surface area contributed by atoms with E-state index in [0.29, 0.717) is 11.8 Å². The van der Waals surface area contributed by atoms with Gasteiger partial charge in [0.15, 0.2) is 5.65 Å². The molecule has 0 radical (unpaired) electrons. The molecule has 0 spiro atoms. The number of likely N-dealkylation sites (tertiary alicyclic amines) is 1. The van der Waals surface area contributed by atoms with Crippen LogP contribution in [-0.2, 0) is 6.54 Å². The van der Waals surface area contributed by atoms with Gasteiger partial charge in [-0.2, -0.15) is 5.10 Å². The van der Waals surface area contributed by atoms with Gasteiger partial charge in [0, 0.05) is 25.8 Å². The molecule has 0 aromatic carbocycles. The molecule has 2 aromatic heterocycles. The third kappa shape index (κ3) is 2.43. The van der Waals surface area contributed by atoms with Crippen LogP contribution in [0.15, 0.2) is 24.7 Å². The van der Waals surface area contributed by atoms with Crippen molar-refractivity contribution in [3.05, 3.63) is 30.2 Å². The minimum absolute atomic E-state index is 0.514. The van der Waals surface area contributed by atoms with Crippen LogP contribution in [0.5, 0.6) is 0 Å². The Morgan fingerprint density at radius 3 is 2.57 bits per heavy atom. The highest BCUT2D eigenvalue weighted by Gasteiger charge is 2.40. The van der Waals surface area contributed by atoms with Gasteiger partial charge in [-0.1, -0.05) is 0 Å². The first-order valence-corrected chi connectivity index (χ1v) is 7.56. The topological polar surface area (TPSA) is 73.9 Å². The maximum atomic E-state index is 9.81. The van der Waals surface area contributed by atoms with Crippen LogP contribution in [0.3, 0.4) is 0 Å². The average molecular weight is 288 g/mol. The van der Waals surface area contributed by atoms with Crippen LogP contribution in [-0.4, -0.2) is 55.0 Å². The van der Waals surface area contributed by atoms with Gasteiger partial charge in [-0.15, -0.1) is 0 Å². The Morgan fingerprint density at radius 1 is 1.14 bits per heavy atom. The van der Waals surface area contributed by atoms with Gasteiger partial charge < -0.3 is 10.2 Å². The molecule has 0 bridgehead atoms. The molecular weight excluding hydrogens is 268 g/mol. The fourth-order valence-electron chi connectivity index (χ4n) is 3.85. The highest BCUT2D eigenvalue weighted by Crippen LogP contribution is 2.36. The van der Waals surface area contributed by atoms with E-state index in [0.717, 1.165) is 38.1 Å². The van der Waals surface area contributed by atoms with Gasteiger partial charge in [0.1, 0.15) is 6.33 Å². The van der Waals surface area contributed by atoms with Crippen molar-refractivity contribution in [3.8, 4) is 0 Å². The van der Waals surface area contributed by atoms with Gasteiger partial charge in [-0.3, -0.25) is 4.90 Å². The minimum atomic E-state index is -0.543. The van der Waals surface area contributed by atoms with E-state index in [2.05, 4.69) is 27.1 Å². The van der Waals surface area contributed by atoms with Crippen molar-refractivity contribution >= 4 is 5.65 Å². The molecule has 112 valence electrons. The molecule has 2 N–H and O–H groups in total. The molecular formula is C15H20N4O2. The zero-order valence-electron chi connectivity index (χ0n) is 11.8. The number of aliphatic hydroxyl groups is 2. The second-order valence-corrected chi connectivity index (χ2v) is 6.42. The molecule has 1 aliphatic carbocycles. The zero-order valence-corrected chi connectivity index (χ0v) is 11.8. The predicted molar refractivity (Wildman–Crippen MR) is 76.5 cm³/mol. The first-order valence-electron chi connectivity index (χ1n) is 7.56. The molecule has 4 atom stereocenters. The van der Waals surface area contributed by atoms with E-state index < -0.39 is 12.2 Å². The molecule has 0 amide bonds. The molecule has 3 heterocycles. The van der Waals surface area contributed by atoms with Gasteiger partial charge in [0.2, 0.25) is 0 Å². The van der Waals surface area contributed by atoms with Crippen LogP contribution in [0.25, 0.3) is 5.65 Å². The lowest BCUT2D eigenvalue weighted by Crippen LogP contribution is -2.38. The summed E-state index contributed by atoms with van der Waals surface area (Å²) in [5.74, 6) is 1.03. The SMILES string of the molecule is O[C@H]1C[C@@H]2CN(Cc3ccn4ncnc4c3)C[C@@H]2C[C@@H]1O. The second-order valence-electron chi connectivity index (χ2n) is 6.42. The number of rotatable bonds is 2. The number of hydrogen-bond donors (Lipinski definition) is 2. The van der Waals surface area contributed by atoms with Crippen molar-refractivity contribution < 1.29 is 10.2 Å². The van der Waals surface area contributed by atoms with Crippen molar-refractivity contribution in [2.75, 3.05) is 13.1 Å². The van der Waals surface area contributed by atoms with Gasteiger partial charge in [0.25, 0.3) is 0 Å². The van der Waals surface area contributed by atoms with Gasteiger partial charge in [-0.25, -0.2) is 9.50 Å². The second kappa shape index (κ2) is 5.05. The van der Waals surface area contributed by atoms with Crippen molar-refractivity contribution in [1.29, 1.82) is 0 Å². The molecule has 4 rings (SSSR count). The van der Waals surface area contributed by atoms with Crippen molar-refractivity contribution in [2.24, 2.45) is 11.8 Å². The van der Waals surface area contributed by atoms with E-state index in [-0.39, 0.29) is 0 Å². The molecule has 1 saturated heterocycles. The van der Waals surface area contributed by atoms with E-state index in [9.17, 15) is 10.2 Å². The quantitative estimate of drug-likeness (QED) is 0.831. The highest BCUT2D eigenvalue weighted by atomic mass is 16.3. The van der Waals surface area contributed by atoms with Crippen molar-refractivity contribution in [2.45, 2.75) is 31.6 Å². The summed E-state index contributed by atoms with van der Waals surface area (Å²) in [6.07, 6.45) is 3.87. The Hall–Kier alpha value is -1.50. The Bertz CT molecular complexity index is 625. The summed E-state index contributed by atoms with van der Waals surface area (Å²) in [5, 5.41) is 23.7. The van der Waals surface area contributed by atoms with E-state index in [1.165, 1.54) is 5.56 Å². The summed E-state index contributed by atoms with van der Waals surface area (Å²) in [7, 11) is 0. The van der Waals surface area contributed by atoms with Crippen LogP contribution in [0.4, 0.5) is 0 Å². The first kappa shape index (κ1) is 13.2. The molecule has 1 aliphatic heterocycles. The molecule has 1 saturated carbocycles. The van der Waals surface area contributed by atoms with E-state index in [4.69, 9.17) is 0 Å². The summed E-state index contributed by atoms with van der Waals surface area (Å²) in [4.78, 5) is 6.63. The fraction of sp³-hybridized carbons (Fsp3) is 0.600. The third-order valence-corrected chi connectivity index (χ3v) is 4.94. The number of aromatic nitrogens is 3. The maximum absolute atomic E-state index is 9.81. The molecule has 21 heavy (non-hydrogen) atoms. The fourth-order valence-corrected chi connectivity index (χ4v) is 3.85. The summed E-state index contributed by atoms with van der Waals surface area (Å²) >= 11 is 0. The van der Waals surface area contributed by atoms with E-state index in [1.54, 1.807) is 10.8 Å². The van der Waals surface area contributed by atoms with Crippen LogP contribution < -0.4 is 0 Å². The van der Waals surface area contributed by atoms with Crippen molar-refractivity contribution in [1.82, 2.24) is 19.5 Å². The average Bonchev–Trinajstić information content (AvgIpc) is 3.05. The Kier molecular flexibility index (Phi) is 3.17. The van der Waals surface area contributed by atoms with Crippen LogP contribution in [0.1, 0.15) is 18.4 Å². The molecule has 0 unspecified atom stereocenters. The highest BCUT2D eigenvalue weighted by molar-refractivity contribution is 5.39. The lowest BCUT2D eigenvalue weighted by molar-refractivity contribution is -0.0372. The lowest BCUT2D eigenvalue weighted by Gasteiger charge is -2.32. The Labute approximate surface area is 123 Å². The van der Waals surface area contributed by atoms with Gasteiger partial charge in [0.05, 0.1) is 12.2 Å². The molecule has 2 aliphatic rings. The summed E-state index contributed by atoms with van der Waals surface area (Å²) in [6.45, 7) is 2.90. The monoisotopic (exact) mass is 288 g/mol. The molecule has 2 fully saturated rings. The van der Waals surface area contributed by atoms with E-state index in [1.807, 2.05) is 6.20 Å². The Morgan fingerprint density at radius 2 is 1.86 bits per heavy atom. The Balaban J connectivity index is 1.46. The summed E-state index contributed by atoms with van der Waals surface area (Å²) < 4.78 is 1.76. The third-order valence-electron chi connectivity index (χ3n) is 4.94. The molecule has 6 nitrogen and oxygen atoms in total. The van der Waals surface area contributed by atoms with Crippen molar-refractivity contribution in [3.63, 3.8) is 0 Å². The summed E-state index contributed by atoms with van der Waals surface area (Å²) in [5.41, 5.74) is 2.10. The standard InChI is InChI=1S/C15H20N4O2/c20-13-4-11-7-18(8-12(11)5-14(13)21)6-10-1-2-19-15(3-10)16-9-17-19/h1-3,9,11-14,20-21H,4-8H2/t11-,12+,13-,14-/m0/s1. The number of nitrogens with zero attached hydrogens (tertiary/aromatic N) is 4. The molecule has 2 aromatic rings. The van der Waals surface area contributed by atoms with Crippen LogP contribution in [0, 0.1) is 11.8 Å². The number of aliphatic hydroxyl groups excluding tert-OH is 2. The van der Waals surface area contributed by atoms with Gasteiger partial charge in [-0.05, 0) is 42.4 Å². The number of hydrogen-bond acceptors (Lipinski definition) is 5. The smallest absolute Gasteiger partial charge is 0.155 e. The van der Waals surface area contributed by atoms with Crippen LogP contribution >= 0.6 is 0 Å². The first-order chi connectivity index (χ1) is 10.2. The minimum Gasteiger partial charge on any atom is -0.390 e. The normalized spacial score (nSPS) is 33.4. The maximum Gasteiger partial charge on any atom is 0.155 e. The molecule has 6 heteroatoms. The summed E-state index contributed by atoms with van der Waals surface area (Å²) in [6, 6.07) is 4.14. The van der Waals surface area contributed by atoms with E-state index >= 15 is 0 Å². The zero-order chi connectivity index (χ0) is 14.4. The lowest BCUT2D eigenvalue weighted by atomic mass is 9.79. The van der Waals surface area contributed by atoms with Crippen LogP contribution in [0.2, 0.25) is 0 Å². The largest absolute Gasteiger partial charge is 0.390 e. The van der Waals surface area contributed by atoms with Gasteiger partial charge >= 0.3 is 0 Å².